The second-order valence-corrected chi connectivity index (χ2v) is 5.97. The highest BCUT2D eigenvalue weighted by molar-refractivity contribution is 6.31. The van der Waals surface area contributed by atoms with E-state index >= 15 is 0 Å². The fraction of sp³-hybridized carbons (Fsp3) is 0.111. The summed E-state index contributed by atoms with van der Waals surface area (Å²) >= 11 is 6.26. The maximum absolute atomic E-state index is 6.26. The molecule has 0 aliphatic carbocycles. The second-order valence-electron chi connectivity index (χ2n) is 5.53. The molecule has 4 rings (SSSR count). The lowest BCUT2D eigenvalue weighted by atomic mass is 10.0. The van der Waals surface area contributed by atoms with Crippen molar-refractivity contribution in [2.75, 3.05) is 0 Å². The van der Waals surface area contributed by atoms with E-state index in [1.165, 1.54) is 16.5 Å². The molecular formula is C18H14ClN3. The molecule has 0 radical (unpaired) electrons. The maximum Gasteiger partial charge on any atom is 0.0966 e. The Bertz CT molecular complexity index is 1020. The van der Waals surface area contributed by atoms with Gasteiger partial charge in [-0.15, -0.1) is 0 Å². The average Bonchev–Trinajstić information content (AvgIpc) is 2.80. The molecule has 0 unspecified atom stereocenters. The molecule has 0 atom stereocenters. The minimum absolute atomic E-state index is 0.674. The monoisotopic (exact) mass is 307 g/mol. The van der Waals surface area contributed by atoms with Crippen molar-refractivity contribution in [3.05, 3.63) is 59.5 Å². The average molecular weight is 308 g/mol. The number of hydrogen-bond acceptors (Lipinski definition) is 2. The van der Waals surface area contributed by atoms with Crippen molar-refractivity contribution in [2.24, 2.45) is 7.05 Å². The number of aromatic nitrogens is 3. The summed E-state index contributed by atoms with van der Waals surface area (Å²) in [4.78, 5) is 8.84. The molecule has 3 nitrogen and oxygen atoms in total. The summed E-state index contributed by atoms with van der Waals surface area (Å²) in [5.41, 5.74) is 6.29. The minimum Gasteiger partial charge on any atom is -0.350 e. The quantitative estimate of drug-likeness (QED) is 0.508. The number of halogens is 1. The van der Waals surface area contributed by atoms with E-state index in [4.69, 9.17) is 11.6 Å². The predicted molar refractivity (Wildman–Crippen MR) is 91.2 cm³/mol. The van der Waals surface area contributed by atoms with Gasteiger partial charge in [0.25, 0.3) is 0 Å². The van der Waals surface area contributed by atoms with E-state index in [2.05, 4.69) is 52.9 Å². The van der Waals surface area contributed by atoms with Gasteiger partial charge in [0, 0.05) is 47.1 Å². The molecule has 0 saturated carbocycles. The third kappa shape index (κ3) is 1.97. The zero-order valence-electron chi connectivity index (χ0n) is 12.3. The van der Waals surface area contributed by atoms with Gasteiger partial charge in [0.15, 0.2) is 0 Å². The highest BCUT2D eigenvalue weighted by Crippen LogP contribution is 2.32. The van der Waals surface area contributed by atoms with Gasteiger partial charge in [0.05, 0.1) is 11.0 Å². The molecule has 2 aromatic heterocycles. The molecule has 4 aromatic rings. The molecule has 22 heavy (non-hydrogen) atoms. The highest BCUT2D eigenvalue weighted by atomic mass is 35.5. The van der Waals surface area contributed by atoms with Crippen LogP contribution < -0.4 is 0 Å². The molecule has 2 heterocycles. The lowest BCUT2D eigenvalue weighted by Gasteiger charge is -2.07. The van der Waals surface area contributed by atoms with Crippen LogP contribution >= 0.6 is 11.6 Å². The van der Waals surface area contributed by atoms with Gasteiger partial charge in [-0.2, -0.15) is 0 Å². The Kier molecular flexibility index (Phi) is 2.91. The van der Waals surface area contributed by atoms with Crippen LogP contribution in [-0.4, -0.2) is 14.5 Å². The van der Waals surface area contributed by atoms with E-state index in [0.717, 1.165) is 22.2 Å². The summed E-state index contributed by atoms with van der Waals surface area (Å²) in [5.74, 6) is 0. The molecular weight excluding hydrogens is 294 g/mol. The molecule has 0 spiro atoms. The van der Waals surface area contributed by atoms with Crippen molar-refractivity contribution in [3.8, 4) is 11.1 Å². The topological polar surface area (TPSA) is 30.7 Å². The molecule has 0 fully saturated rings. The smallest absolute Gasteiger partial charge is 0.0966 e. The molecule has 0 saturated heterocycles. The first kappa shape index (κ1) is 13.3. The Morgan fingerprint density at radius 2 is 1.86 bits per heavy atom. The van der Waals surface area contributed by atoms with Gasteiger partial charge in [0.1, 0.15) is 0 Å². The van der Waals surface area contributed by atoms with Crippen LogP contribution in [0, 0.1) is 6.92 Å². The Hall–Kier alpha value is -2.39. The Balaban J connectivity index is 2.04. The van der Waals surface area contributed by atoms with Crippen LogP contribution in [0.1, 0.15) is 5.56 Å². The van der Waals surface area contributed by atoms with Crippen LogP contribution in [0.4, 0.5) is 0 Å². The number of hydrogen-bond donors (Lipinski definition) is 0. The number of rotatable bonds is 1. The fourth-order valence-corrected chi connectivity index (χ4v) is 3.23. The lowest BCUT2D eigenvalue weighted by Crippen LogP contribution is -1.88. The van der Waals surface area contributed by atoms with Crippen molar-refractivity contribution in [1.29, 1.82) is 0 Å². The van der Waals surface area contributed by atoms with Crippen LogP contribution in [0.15, 0.2) is 48.9 Å². The van der Waals surface area contributed by atoms with Gasteiger partial charge < -0.3 is 4.57 Å². The predicted octanol–water partition coefficient (Wildman–Crippen LogP) is 4.75. The van der Waals surface area contributed by atoms with E-state index < -0.39 is 0 Å². The van der Waals surface area contributed by atoms with Crippen molar-refractivity contribution < 1.29 is 0 Å². The first-order valence-electron chi connectivity index (χ1n) is 7.10. The van der Waals surface area contributed by atoms with Gasteiger partial charge in [-0.3, -0.25) is 9.97 Å². The summed E-state index contributed by atoms with van der Waals surface area (Å²) in [7, 11) is 2.06. The third-order valence-corrected chi connectivity index (χ3v) is 4.26. The van der Waals surface area contributed by atoms with Gasteiger partial charge in [-0.25, -0.2) is 0 Å². The number of nitrogens with zero attached hydrogens (tertiary/aromatic N) is 3. The van der Waals surface area contributed by atoms with Crippen molar-refractivity contribution in [3.63, 3.8) is 0 Å². The number of benzene rings is 2. The molecule has 2 aromatic carbocycles. The van der Waals surface area contributed by atoms with E-state index in [0.29, 0.717) is 5.02 Å². The minimum atomic E-state index is 0.674. The van der Waals surface area contributed by atoms with Crippen molar-refractivity contribution in [2.45, 2.75) is 6.92 Å². The third-order valence-electron chi connectivity index (χ3n) is 4.04. The molecule has 0 amide bonds. The fourth-order valence-electron chi connectivity index (χ4n) is 3.02. The molecule has 0 N–H and O–H groups in total. The maximum atomic E-state index is 6.26. The van der Waals surface area contributed by atoms with Crippen molar-refractivity contribution >= 4 is 33.5 Å². The van der Waals surface area contributed by atoms with Crippen molar-refractivity contribution in [1.82, 2.24) is 14.5 Å². The zero-order valence-corrected chi connectivity index (χ0v) is 13.1. The highest BCUT2D eigenvalue weighted by Gasteiger charge is 2.10. The van der Waals surface area contributed by atoms with Crippen LogP contribution in [0.25, 0.3) is 33.1 Å². The van der Waals surface area contributed by atoms with Crippen LogP contribution in [-0.2, 0) is 7.05 Å². The van der Waals surface area contributed by atoms with Gasteiger partial charge in [-0.1, -0.05) is 17.7 Å². The summed E-state index contributed by atoms with van der Waals surface area (Å²) in [6.45, 7) is 2.13. The zero-order chi connectivity index (χ0) is 15.3. The molecule has 0 aliphatic rings. The van der Waals surface area contributed by atoms with Crippen LogP contribution in [0.5, 0.6) is 0 Å². The molecule has 4 heteroatoms. The Morgan fingerprint density at radius 3 is 2.73 bits per heavy atom. The van der Waals surface area contributed by atoms with E-state index in [1.807, 2.05) is 12.1 Å². The second kappa shape index (κ2) is 4.82. The first-order chi connectivity index (χ1) is 10.6. The summed E-state index contributed by atoms with van der Waals surface area (Å²) < 4.78 is 2.14. The first-order valence-corrected chi connectivity index (χ1v) is 7.47. The number of fused-ring (bicyclic) bond motifs is 2. The van der Waals surface area contributed by atoms with Gasteiger partial charge >= 0.3 is 0 Å². The summed E-state index contributed by atoms with van der Waals surface area (Å²) in [5, 5.41) is 1.92. The summed E-state index contributed by atoms with van der Waals surface area (Å²) in [6, 6.07) is 10.3. The van der Waals surface area contributed by atoms with E-state index in [-0.39, 0.29) is 0 Å². The Morgan fingerprint density at radius 1 is 1.05 bits per heavy atom. The largest absolute Gasteiger partial charge is 0.350 e. The summed E-state index contributed by atoms with van der Waals surface area (Å²) in [6.07, 6.45) is 5.54. The SMILES string of the molecule is Cc1cn(C)c2ccc(-c3cc(Cl)cc4nccnc34)cc12. The normalized spacial score (nSPS) is 11.4. The number of aryl methyl sites for hydroxylation is 2. The molecule has 0 bridgehead atoms. The molecule has 108 valence electrons. The van der Waals surface area contributed by atoms with Gasteiger partial charge in [0.2, 0.25) is 0 Å². The van der Waals surface area contributed by atoms with Crippen LogP contribution in [0.3, 0.4) is 0 Å². The standard InChI is InChI=1S/C18H14ClN3/c1-11-10-22(2)17-4-3-12(7-14(11)17)15-8-13(19)9-16-18(15)21-6-5-20-16/h3-10H,1-2H3. The van der Waals surface area contributed by atoms with Crippen LogP contribution in [0.2, 0.25) is 5.02 Å². The van der Waals surface area contributed by atoms with Gasteiger partial charge in [-0.05, 0) is 42.3 Å². The van der Waals surface area contributed by atoms with E-state index in [1.54, 1.807) is 12.4 Å². The lowest BCUT2D eigenvalue weighted by molar-refractivity contribution is 0.964. The van der Waals surface area contributed by atoms with E-state index in [9.17, 15) is 0 Å². The molecule has 0 aliphatic heterocycles. The Labute approximate surface area is 133 Å².